The Kier molecular flexibility index (Phi) is 7.24. The predicted octanol–water partition coefficient (Wildman–Crippen LogP) is 2.98. The molecule has 0 saturated carbocycles. The number of thiazole rings is 1. The Bertz CT molecular complexity index is 1120. The molecule has 0 aliphatic carbocycles. The van der Waals surface area contributed by atoms with E-state index in [9.17, 15) is 14.9 Å². The number of benzene rings is 1. The molecule has 0 radical (unpaired) electrons. The largest absolute Gasteiger partial charge is 0.383 e. The third-order valence-corrected chi connectivity index (χ3v) is 5.60. The van der Waals surface area contributed by atoms with Crippen LogP contribution in [0.3, 0.4) is 0 Å². The van der Waals surface area contributed by atoms with Gasteiger partial charge in [-0.05, 0) is 23.8 Å². The van der Waals surface area contributed by atoms with E-state index in [0.29, 0.717) is 24.8 Å². The van der Waals surface area contributed by atoms with Gasteiger partial charge in [0.15, 0.2) is 5.78 Å². The van der Waals surface area contributed by atoms with Crippen LogP contribution in [0.2, 0.25) is 10.0 Å². The Morgan fingerprint density at radius 1 is 1.36 bits per heavy atom. The topological polar surface area (TPSA) is 72.1 Å². The fourth-order valence-electron chi connectivity index (χ4n) is 2.42. The molecule has 0 N–H and O–H groups in total. The van der Waals surface area contributed by atoms with Gasteiger partial charge >= 0.3 is 0 Å². The average molecular weight is 439 g/mol. The second-order valence-corrected chi connectivity index (χ2v) is 8.97. The van der Waals surface area contributed by atoms with Gasteiger partial charge in [-0.1, -0.05) is 50.0 Å². The molecular weight excluding hydrogens is 419 g/mol. The van der Waals surface area contributed by atoms with E-state index in [1.54, 1.807) is 45.0 Å². The van der Waals surface area contributed by atoms with Crippen molar-refractivity contribution in [1.82, 2.24) is 4.57 Å². The molecule has 148 valence electrons. The van der Waals surface area contributed by atoms with E-state index >= 15 is 0 Å². The number of hydrogen-bond donors (Lipinski definition) is 0. The fourth-order valence-corrected chi connectivity index (χ4v) is 4.00. The smallest absolute Gasteiger partial charge is 0.269 e. The molecule has 5 nitrogen and oxygen atoms in total. The van der Waals surface area contributed by atoms with E-state index in [-0.39, 0.29) is 30.1 Å². The number of hydrogen-bond acceptors (Lipinski definition) is 5. The molecule has 1 aromatic heterocycles. The lowest BCUT2D eigenvalue weighted by Crippen LogP contribution is -2.35. The van der Waals surface area contributed by atoms with E-state index in [1.807, 2.05) is 6.07 Å². The summed E-state index contributed by atoms with van der Waals surface area (Å²) >= 11 is 13.2. The average Bonchev–Trinajstić information content (AvgIpc) is 2.91. The van der Waals surface area contributed by atoms with Crippen LogP contribution in [-0.4, -0.2) is 24.1 Å². The first-order chi connectivity index (χ1) is 13.1. The molecule has 1 heterocycles. The minimum absolute atomic E-state index is 0.0347. The van der Waals surface area contributed by atoms with Gasteiger partial charge in [0.1, 0.15) is 16.3 Å². The third kappa shape index (κ3) is 4.92. The first kappa shape index (κ1) is 22.4. The van der Waals surface area contributed by atoms with Crippen LogP contribution in [0.25, 0.3) is 11.6 Å². The molecule has 8 heteroatoms. The zero-order valence-corrected chi connectivity index (χ0v) is 18.3. The zero-order chi connectivity index (χ0) is 21.1. The highest BCUT2D eigenvalue weighted by molar-refractivity contribution is 7.07. The second kappa shape index (κ2) is 9.06. The highest BCUT2D eigenvalue weighted by atomic mass is 35.5. The molecule has 2 aromatic rings. The minimum atomic E-state index is -0.749. The molecule has 0 aliphatic heterocycles. The summed E-state index contributed by atoms with van der Waals surface area (Å²) in [6, 6.07) is 6.95. The van der Waals surface area contributed by atoms with Gasteiger partial charge in [0.05, 0.1) is 17.7 Å². The van der Waals surface area contributed by atoms with Gasteiger partial charge in [-0.25, -0.2) is 0 Å². The Morgan fingerprint density at radius 3 is 2.57 bits per heavy atom. The van der Waals surface area contributed by atoms with Crippen LogP contribution >= 0.6 is 34.5 Å². The summed E-state index contributed by atoms with van der Waals surface area (Å²) < 4.78 is 7.17. The van der Waals surface area contributed by atoms with Crippen LogP contribution in [0.1, 0.15) is 26.3 Å². The number of carbonyl (C=O) groups excluding carboxylic acids is 1. The van der Waals surface area contributed by atoms with Gasteiger partial charge in [0, 0.05) is 22.6 Å². The maximum atomic E-state index is 13.0. The molecule has 28 heavy (non-hydrogen) atoms. The zero-order valence-electron chi connectivity index (χ0n) is 16.0. The SMILES string of the molecule is COCCn1c(=O)/c(=C\c2ccc(Cl)cc2Cl)s/c1=C(/C#N)C(=O)C(C)(C)C. The Morgan fingerprint density at radius 2 is 2.04 bits per heavy atom. The van der Waals surface area contributed by atoms with Crippen molar-refractivity contribution in [2.45, 2.75) is 27.3 Å². The molecule has 0 bridgehead atoms. The molecular formula is C20H20Cl2N2O3S. The van der Waals surface area contributed by atoms with Gasteiger partial charge in [-0.15, -0.1) is 11.3 Å². The van der Waals surface area contributed by atoms with Crippen LogP contribution in [0, 0.1) is 16.7 Å². The molecule has 0 aliphatic rings. The van der Waals surface area contributed by atoms with Crippen LogP contribution < -0.4 is 14.8 Å². The van der Waals surface area contributed by atoms with Crippen molar-refractivity contribution < 1.29 is 9.53 Å². The monoisotopic (exact) mass is 438 g/mol. The number of nitrogens with zero attached hydrogens (tertiary/aromatic N) is 2. The fraction of sp³-hybridized carbons (Fsp3) is 0.350. The highest BCUT2D eigenvalue weighted by Gasteiger charge is 2.27. The van der Waals surface area contributed by atoms with E-state index in [0.717, 1.165) is 11.3 Å². The third-order valence-electron chi connectivity index (χ3n) is 3.91. The molecule has 0 amide bonds. The number of rotatable bonds is 5. The second-order valence-electron chi connectivity index (χ2n) is 7.10. The van der Waals surface area contributed by atoms with E-state index < -0.39 is 5.41 Å². The van der Waals surface area contributed by atoms with Crippen LogP contribution in [0.5, 0.6) is 0 Å². The number of halogens is 2. The predicted molar refractivity (Wildman–Crippen MR) is 113 cm³/mol. The molecule has 0 fully saturated rings. The lowest BCUT2D eigenvalue weighted by Gasteiger charge is -2.15. The number of ether oxygens (including phenoxy) is 1. The molecule has 0 saturated heterocycles. The van der Waals surface area contributed by atoms with Crippen molar-refractivity contribution in [3.05, 3.63) is 53.4 Å². The summed E-state index contributed by atoms with van der Waals surface area (Å²) in [4.78, 5) is 25.7. The van der Waals surface area contributed by atoms with Gasteiger partial charge < -0.3 is 4.74 Å². The summed E-state index contributed by atoms with van der Waals surface area (Å²) in [7, 11) is 1.52. The van der Waals surface area contributed by atoms with Crippen LogP contribution in [0.15, 0.2) is 23.0 Å². The molecule has 0 atom stereocenters. The number of ketones is 1. The first-order valence-corrected chi connectivity index (χ1v) is 10.0. The van der Waals surface area contributed by atoms with Crippen molar-refractivity contribution >= 4 is 52.0 Å². The van der Waals surface area contributed by atoms with Gasteiger partial charge in [-0.3, -0.25) is 14.2 Å². The quantitative estimate of drug-likeness (QED) is 0.718. The normalized spacial score (nSPS) is 13.4. The Labute approximate surface area is 177 Å². The summed E-state index contributed by atoms with van der Waals surface area (Å²) in [5.41, 5.74) is -0.471. The van der Waals surface area contributed by atoms with Crippen molar-refractivity contribution in [2.24, 2.45) is 5.41 Å². The van der Waals surface area contributed by atoms with Gasteiger partial charge in [0.25, 0.3) is 5.56 Å². The lowest BCUT2D eigenvalue weighted by molar-refractivity contribution is -0.120. The van der Waals surface area contributed by atoms with E-state index in [4.69, 9.17) is 27.9 Å². The molecule has 0 spiro atoms. The van der Waals surface area contributed by atoms with Crippen LogP contribution in [-0.2, 0) is 16.1 Å². The number of carbonyl (C=O) groups is 1. The highest BCUT2D eigenvalue weighted by Crippen LogP contribution is 2.21. The van der Waals surface area contributed by atoms with E-state index in [2.05, 4.69) is 0 Å². The lowest BCUT2D eigenvalue weighted by atomic mass is 9.87. The number of nitriles is 1. The van der Waals surface area contributed by atoms with Crippen molar-refractivity contribution in [3.8, 4) is 6.07 Å². The number of aromatic nitrogens is 1. The molecule has 0 unspecified atom stereocenters. The van der Waals surface area contributed by atoms with Crippen molar-refractivity contribution in [3.63, 3.8) is 0 Å². The van der Waals surface area contributed by atoms with Crippen molar-refractivity contribution in [2.75, 3.05) is 13.7 Å². The van der Waals surface area contributed by atoms with E-state index in [1.165, 1.54) is 11.7 Å². The summed E-state index contributed by atoms with van der Waals surface area (Å²) in [5, 5.41) is 10.5. The first-order valence-electron chi connectivity index (χ1n) is 8.44. The standard InChI is InChI=1S/C20H20Cl2N2O3S/c1-20(2,3)17(25)14(11-23)19-24(7-8-27-4)18(26)16(28-19)9-12-5-6-13(21)10-15(12)22/h5-6,9-10H,7-8H2,1-4H3/b16-9+,19-14-. The maximum Gasteiger partial charge on any atom is 0.269 e. The molecule has 2 rings (SSSR count). The van der Waals surface area contributed by atoms with Gasteiger partial charge in [-0.2, -0.15) is 5.26 Å². The van der Waals surface area contributed by atoms with Crippen molar-refractivity contribution in [1.29, 1.82) is 5.26 Å². The maximum absolute atomic E-state index is 13.0. The summed E-state index contributed by atoms with van der Waals surface area (Å²) in [5.74, 6) is -0.321. The Balaban J connectivity index is 2.84. The van der Waals surface area contributed by atoms with Gasteiger partial charge in [0.2, 0.25) is 0 Å². The summed E-state index contributed by atoms with van der Waals surface area (Å²) in [6.45, 7) is 5.70. The minimum Gasteiger partial charge on any atom is -0.383 e. The summed E-state index contributed by atoms with van der Waals surface area (Å²) in [6.07, 6.45) is 1.63. The Hall–Kier alpha value is -1.91. The molecule has 1 aromatic carbocycles. The number of methoxy groups -OCH3 is 1. The number of Topliss-reactive ketones (excluding diaryl/α,β-unsaturated/α-hetero) is 1. The van der Waals surface area contributed by atoms with Crippen LogP contribution in [0.4, 0.5) is 0 Å².